The Morgan fingerprint density at radius 2 is 2.15 bits per heavy atom. The van der Waals surface area contributed by atoms with Crippen molar-refractivity contribution in [3.05, 3.63) is 17.2 Å². The Morgan fingerprint density at radius 1 is 1.45 bits per heavy atom. The van der Waals surface area contributed by atoms with E-state index in [2.05, 4.69) is 11.9 Å². The summed E-state index contributed by atoms with van der Waals surface area (Å²) in [5.41, 5.74) is 6.62. The lowest BCUT2D eigenvalue weighted by molar-refractivity contribution is -0.136. The van der Waals surface area contributed by atoms with Crippen molar-refractivity contribution >= 4 is 28.0 Å². The molecular formula is C15H24N2O2S. The van der Waals surface area contributed by atoms with Gasteiger partial charge in [-0.25, -0.2) is 9.78 Å². The van der Waals surface area contributed by atoms with Crippen LogP contribution in [0.5, 0.6) is 0 Å². The molecule has 1 rings (SSSR count). The van der Waals surface area contributed by atoms with Crippen molar-refractivity contribution in [2.45, 2.75) is 47.0 Å². The minimum absolute atomic E-state index is 0.129. The SMILES string of the molecule is CCCCCOC(=O)C(=CC(C)(C)C)c1csc(N)n1. The number of nitrogens with two attached hydrogens (primary N) is 1. The van der Waals surface area contributed by atoms with Gasteiger partial charge in [-0.05, 0) is 11.8 Å². The lowest BCUT2D eigenvalue weighted by atomic mass is 9.92. The van der Waals surface area contributed by atoms with Gasteiger partial charge in [-0.2, -0.15) is 0 Å². The molecule has 0 spiro atoms. The molecule has 4 nitrogen and oxygen atoms in total. The predicted molar refractivity (Wildman–Crippen MR) is 84.4 cm³/mol. The highest BCUT2D eigenvalue weighted by atomic mass is 32.1. The second-order valence-electron chi connectivity index (χ2n) is 5.84. The topological polar surface area (TPSA) is 65.2 Å². The van der Waals surface area contributed by atoms with Crippen LogP contribution in [0.1, 0.15) is 52.7 Å². The van der Waals surface area contributed by atoms with Crippen LogP contribution < -0.4 is 5.73 Å². The molecule has 0 aliphatic carbocycles. The van der Waals surface area contributed by atoms with Crippen molar-refractivity contribution in [2.24, 2.45) is 5.41 Å². The summed E-state index contributed by atoms with van der Waals surface area (Å²) in [6.07, 6.45) is 4.95. The van der Waals surface area contributed by atoms with E-state index in [4.69, 9.17) is 10.5 Å². The molecule has 0 saturated heterocycles. The number of hydrogen-bond donors (Lipinski definition) is 1. The van der Waals surface area contributed by atoms with Gasteiger partial charge >= 0.3 is 5.97 Å². The van der Waals surface area contributed by atoms with E-state index in [0.717, 1.165) is 19.3 Å². The van der Waals surface area contributed by atoms with Crippen LogP contribution in [0, 0.1) is 5.41 Å². The van der Waals surface area contributed by atoms with E-state index in [1.54, 1.807) is 5.38 Å². The quantitative estimate of drug-likeness (QED) is 0.491. The molecule has 0 radical (unpaired) electrons. The van der Waals surface area contributed by atoms with E-state index in [1.165, 1.54) is 11.3 Å². The molecule has 2 N–H and O–H groups in total. The summed E-state index contributed by atoms with van der Waals surface area (Å²) in [4.78, 5) is 16.4. The Labute approximate surface area is 125 Å². The fourth-order valence-corrected chi connectivity index (χ4v) is 2.24. The summed E-state index contributed by atoms with van der Waals surface area (Å²) in [5.74, 6) is -0.318. The first-order chi connectivity index (χ1) is 9.33. The number of rotatable bonds is 6. The summed E-state index contributed by atoms with van der Waals surface area (Å²) in [6.45, 7) is 8.67. The van der Waals surface area contributed by atoms with Crippen LogP contribution in [0.15, 0.2) is 11.5 Å². The molecule has 0 aliphatic rings. The van der Waals surface area contributed by atoms with E-state index in [0.29, 0.717) is 23.0 Å². The van der Waals surface area contributed by atoms with Crippen LogP contribution in [-0.4, -0.2) is 17.6 Å². The fraction of sp³-hybridized carbons (Fsp3) is 0.600. The Morgan fingerprint density at radius 3 is 2.65 bits per heavy atom. The Hall–Kier alpha value is -1.36. The van der Waals surface area contributed by atoms with E-state index in [9.17, 15) is 4.79 Å². The van der Waals surface area contributed by atoms with Crippen molar-refractivity contribution in [3.8, 4) is 0 Å². The molecule has 112 valence electrons. The largest absolute Gasteiger partial charge is 0.462 e. The molecule has 0 saturated carbocycles. The van der Waals surface area contributed by atoms with Gasteiger partial charge in [0.05, 0.1) is 17.9 Å². The van der Waals surface area contributed by atoms with Crippen molar-refractivity contribution < 1.29 is 9.53 Å². The third kappa shape index (κ3) is 5.74. The minimum Gasteiger partial charge on any atom is -0.462 e. The number of nitrogen functional groups attached to an aromatic ring is 1. The predicted octanol–water partition coefficient (Wildman–Crippen LogP) is 3.89. The molecule has 1 heterocycles. The van der Waals surface area contributed by atoms with Gasteiger partial charge in [0, 0.05) is 5.38 Å². The molecule has 0 aromatic carbocycles. The number of hydrogen-bond acceptors (Lipinski definition) is 5. The smallest absolute Gasteiger partial charge is 0.340 e. The molecule has 0 fully saturated rings. The maximum atomic E-state index is 12.2. The number of thiazole rings is 1. The highest BCUT2D eigenvalue weighted by molar-refractivity contribution is 7.13. The molecule has 1 aromatic heterocycles. The second kappa shape index (κ2) is 7.43. The van der Waals surface area contributed by atoms with Crippen molar-refractivity contribution in [1.82, 2.24) is 4.98 Å². The zero-order chi connectivity index (χ0) is 15.2. The number of carbonyl (C=O) groups is 1. The third-order valence-corrected chi connectivity index (χ3v) is 3.25. The molecule has 0 bridgehead atoms. The van der Waals surface area contributed by atoms with Gasteiger partial charge in [0.1, 0.15) is 0 Å². The van der Waals surface area contributed by atoms with Crippen LogP contribution >= 0.6 is 11.3 Å². The number of aromatic nitrogens is 1. The number of allylic oxidation sites excluding steroid dienone is 1. The molecule has 5 heteroatoms. The average molecular weight is 296 g/mol. The van der Waals surface area contributed by atoms with Crippen molar-refractivity contribution in [3.63, 3.8) is 0 Å². The van der Waals surface area contributed by atoms with Crippen LogP contribution in [0.4, 0.5) is 5.13 Å². The Kier molecular flexibility index (Phi) is 6.20. The summed E-state index contributed by atoms with van der Waals surface area (Å²) < 4.78 is 5.33. The summed E-state index contributed by atoms with van der Waals surface area (Å²) in [5, 5.41) is 2.25. The fourth-order valence-electron chi connectivity index (χ4n) is 1.68. The highest BCUT2D eigenvalue weighted by Gasteiger charge is 2.20. The number of ether oxygens (including phenoxy) is 1. The average Bonchev–Trinajstić information content (AvgIpc) is 2.77. The molecule has 0 aliphatic heterocycles. The lowest BCUT2D eigenvalue weighted by Gasteiger charge is -2.15. The van der Waals surface area contributed by atoms with Crippen LogP contribution in [0.2, 0.25) is 0 Å². The van der Waals surface area contributed by atoms with E-state index >= 15 is 0 Å². The van der Waals surface area contributed by atoms with Gasteiger partial charge in [-0.1, -0.05) is 46.6 Å². The molecule has 20 heavy (non-hydrogen) atoms. The Balaban J connectivity index is 2.84. The molecule has 0 unspecified atom stereocenters. The standard InChI is InChI=1S/C15H24N2O2S/c1-5-6-7-8-19-13(18)11(9-15(2,3)4)12-10-20-14(16)17-12/h9-10H,5-8H2,1-4H3,(H2,16,17). The number of esters is 1. The Bertz CT molecular complexity index is 472. The van der Waals surface area contributed by atoms with Gasteiger partial charge in [0.15, 0.2) is 5.13 Å². The molecular weight excluding hydrogens is 272 g/mol. The molecule has 1 aromatic rings. The summed E-state index contributed by atoms with van der Waals surface area (Å²) in [6, 6.07) is 0. The third-order valence-electron chi connectivity index (χ3n) is 2.58. The zero-order valence-corrected chi connectivity index (χ0v) is 13.5. The molecule has 0 atom stereocenters. The first-order valence-corrected chi connectivity index (χ1v) is 7.83. The van der Waals surface area contributed by atoms with Gasteiger partial charge < -0.3 is 10.5 Å². The van der Waals surface area contributed by atoms with E-state index in [-0.39, 0.29) is 11.4 Å². The number of carbonyl (C=O) groups excluding carboxylic acids is 1. The van der Waals surface area contributed by atoms with E-state index in [1.807, 2.05) is 26.8 Å². The monoisotopic (exact) mass is 296 g/mol. The number of unbranched alkanes of at least 4 members (excludes halogenated alkanes) is 2. The maximum Gasteiger partial charge on any atom is 0.340 e. The van der Waals surface area contributed by atoms with Crippen molar-refractivity contribution in [2.75, 3.05) is 12.3 Å². The normalized spacial score (nSPS) is 12.5. The maximum absolute atomic E-state index is 12.2. The van der Waals surface area contributed by atoms with Crippen LogP contribution in [0.3, 0.4) is 0 Å². The lowest BCUT2D eigenvalue weighted by Crippen LogP contribution is -2.12. The highest BCUT2D eigenvalue weighted by Crippen LogP contribution is 2.26. The first kappa shape index (κ1) is 16.7. The van der Waals surface area contributed by atoms with Gasteiger partial charge in [0.25, 0.3) is 0 Å². The molecule has 0 amide bonds. The summed E-state index contributed by atoms with van der Waals surface area (Å²) in [7, 11) is 0. The minimum atomic E-state index is -0.318. The number of nitrogens with zero attached hydrogens (tertiary/aromatic N) is 1. The van der Waals surface area contributed by atoms with Crippen LogP contribution in [0.25, 0.3) is 5.57 Å². The second-order valence-corrected chi connectivity index (χ2v) is 6.73. The number of anilines is 1. The van der Waals surface area contributed by atoms with Crippen molar-refractivity contribution in [1.29, 1.82) is 0 Å². The first-order valence-electron chi connectivity index (χ1n) is 6.95. The van der Waals surface area contributed by atoms with Gasteiger partial charge in [-0.15, -0.1) is 11.3 Å². The van der Waals surface area contributed by atoms with Gasteiger partial charge in [0.2, 0.25) is 0 Å². The zero-order valence-electron chi connectivity index (χ0n) is 12.7. The van der Waals surface area contributed by atoms with Gasteiger partial charge in [-0.3, -0.25) is 0 Å². The summed E-state index contributed by atoms with van der Waals surface area (Å²) >= 11 is 1.33. The van der Waals surface area contributed by atoms with E-state index < -0.39 is 0 Å². The van der Waals surface area contributed by atoms with Crippen LogP contribution in [-0.2, 0) is 9.53 Å².